The largest absolute Gasteiger partial charge is 0.496 e. The van der Waals surface area contributed by atoms with E-state index in [9.17, 15) is 0 Å². The number of hydrogen-bond acceptors (Lipinski definition) is 5. The molecule has 0 unspecified atom stereocenters. The molecule has 0 amide bonds. The highest BCUT2D eigenvalue weighted by Gasteiger charge is 2.16. The predicted octanol–water partition coefficient (Wildman–Crippen LogP) is 4.87. The molecular weight excluding hydrogens is 338 g/mol. The maximum absolute atomic E-state index is 5.67. The van der Waals surface area contributed by atoms with Crippen molar-refractivity contribution in [3.05, 3.63) is 23.9 Å². The first-order valence-electron chi connectivity index (χ1n) is 10.1. The number of hydrogen-bond donors (Lipinski definition) is 1. The smallest absolute Gasteiger partial charge is 0.168 e. The van der Waals surface area contributed by atoms with Crippen LogP contribution in [0.25, 0.3) is 10.9 Å². The van der Waals surface area contributed by atoms with Crippen molar-refractivity contribution in [1.29, 1.82) is 0 Å². The molecule has 0 spiro atoms. The minimum Gasteiger partial charge on any atom is -0.496 e. The van der Waals surface area contributed by atoms with Crippen LogP contribution in [0.15, 0.2) is 18.3 Å². The number of aryl methyl sites for hydroxylation is 1. The lowest BCUT2D eigenvalue weighted by atomic mass is 10.1. The van der Waals surface area contributed by atoms with Crippen molar-refractivity contribution < 1.29 is 9.47 Å². The molecule has 0 saturated carbocycles. The normalized spacial score (nSPS) is 11.2. The molecule has 1 N–H and O–H groups in total. The van der Waals surface area contributed by atoms with Gasteiger partial charge < -0.3 is 19.7 Å². The molecule has 0 aliphatic rings. The van der Waals surface area contributed by atoms with E-state index >= 15 is 0 Å². The zero-order valence-electron chi connectivity index (χ0n) is 17.6. The molecule has 0 aliphatic heterocycles. The maximum atomic E-state index is 5.67. The van der Waals surface area contributed by atoms with Crippen LogP contribution in [-0.2, 0) is 0 Å². The molecule has 5 heteroatoms. The number of pyridine rings is 1. The summed E-state index contributed by atoms with van der Waals surface area (Å²) < 4.78 is 11.3. The minimum atomic E-state index is 0.788. The van der Waals surface area contributed by atoms with Gasteiger partial charge in [0.1, 0.15) is 11.3 Å². The molecule has 2 aromatic rings. The number of fused-ring (bicyclic) bond motifs is 1. The SMILES string of the molecule is CCN(CC)CCCCCCNc1cc(OC)c2c(C)ccnc2c1OC. The molecular formula is C22H35N3O2. The average Bonchev–Trinajstić information content (AvgIpc) is 2.69. The molecule has 5 nitrogen and oxygen atoms in total. The maximum Gasteiger partial charge on any atom is 0.168 e. The lowest BCUT2D eigenvalue weighted by Gasteiger charge is -2.18. The van der Waals surface area contributed by atoms with Crippen LogP contribution in [0, 0.1) is 6.92 Å². The molecule has 0 fully saturated rings. The van der Waals surface area contributed by atoms with Gasteiger partial charge in [-0.25, -0.2) is 0 Å². The third-order valence-electron chi connectivity index (χ3n) is 5.18. The first kappa shape index (κ1) is 21.3. The quantitative estimate of drug-likeness (QED) is 0.538. The monoisotopic (exact) mass is 373 g/mol. The van der Waals surface area contributed by atoms with Crippen LogP contribution in [0.4, 0.5) is 5.69 Å². The second-order valence-corrected chi connectivity index (χ2v) is 6.88. The molecule has 150 valence electrons. The number of nitrogens with zero attached hydrogens (tertiary/aromatic N) is 2. The van der Waals surface area contributed by atoms with E-state index in [-0.39, 0.29) is 0 Å². The number of anilines is 1. The summed E-state index contributed by atoms with van der Waals surface area (Å²) in [6.45, 7) is 11.0. The van der Waals surface area contributed by atoms with Gasteiger partial charge in [0.15, 0.2) is 5.75 Å². The number of methoxy groups -OCH3 is 2. The molecule has 0 bridgehead atoms. The summed E-state index contributed by atoms with van der Waals surface area (Å²) in [7, 11) is 3.40. The fraction of sp³-hybridized carbons (Fsp3) is 0.591. The van der Waals surface area contributed by atoms with Crippen molar-refractivity contribution in [3.8, 4) is 11.5 Å². The van der Waals surface area contributed by atoms with E-state index in [1.807, 2.05) is 18.3 Å². The Labute approximate surface area is 164 Å². The molecule has 2 rings (SSSR count). The van der Waals surface area contributed by atoms with E-state index in [0.717, 1.165) is 59.7 Å². The highest BCUT2D eigenvalue weighted by atomic mass is 16.5. The van der Waals surface area contributed by atoms with Gasteiger partial charge in [-0.15, -0.1) is 0 Å². The third kappa shape index (κ3) is 5.48. The van der Waals surface area contributed by atoms with Crippen LogP contribution in [0.3, 0.4) is 0 Å². The molecule has 1 aromatic heterocycles. The van der Waals surface area contributed by atoms with Crippen LogP contribution in [0.2, 0.25) is 0 Å². The Morgan fingerprint density at radius 3 is 2.44 bits per heavy atom. The molecule has 0 saturated heterocycles. The van der Waals surface area contributed by atoms with E-state index in [1.165, 1.54) is 25.8 Å². The predicted molar refractivity (Wildman–Crippen MR) is 114 cm³/mol. The molecule has 0 aliphatic carbocycles. The number of rotatable bonds is 12. The van der Waals surface area contributed by atoms with Crippen molar-refractivity contribution >= 4 is 16.6 Å². The Balaban J connectivity index is 1.95. The number of ether oxygens (including phenoxy) is 2. The average molecular weight is 374 g/mol. The summed E-state index contributed by atoms with van der Waals surface area (Å²) in [6, 6.07) is 4.02. The van der Waals surface area contributed by atoms with E-state index < -0.39 is 0 Å². The summed E-state index contributed by atoms with van der Waals surface area (Å²) >= 11 is 0. The van der Waals surface area contributed by atoms with E-state index in [1.54, 1.807) is 14.2 Å². The molecule has 0 radical (unpaired) electrons. The van der Waals surface area contributed by atoms with Crippen molar-refractivity contribution in [2.75, 3.05) is 45.7 Å². The standard InChI is InChI=1S/C22H35N3O2/c1-6-25(7-2)15-11-9-8-10-13-23-18-16-19(26-4)20-17(3)12-14-24-21(20)22(18)27-5/h12,14,16,23H,6-11,13,15H2,1-5H3. The highest BCUT2D eigenvalue weighted by molar-refractivity contribution is 5.97. The van der Waals surface area contributed by atoms with Crippen molar-refractivity contribution in [2.24, 2.45) is 0 Å². The Bertz CT molecular complexity index is 714. The third-order valence-corrected chi connectivity index (χ3v) is 5.18. The van der Waals surface area contributed by atoms with E-state index in [0.29, 0.717) is 0 Å². The van der Waals surface area contributed by atoms with Crippen LogP contribution in [-0.4, -0.2) is 50.3 Å². The zero-order chi connectivity index (χ0) is 19.6. The van der Waals surface area contributed by atoms with Gasteiger partial charge in [0.2, 0.25) is 0 Å². The van der Waals surface area contributed by atoms with Crippen LogP contribution in [0.5, 0.6) is 11.5 Å². The van der Waals surface area contributed by atoms with Gasteiger partial charge in [0, 0.05) is 24.2 Å². The number of benzene rings is 1. The van der Waals surface area contributed by atoms with Gasteiger partial charge in [-0.2, -0.15) is 0 Å². The van der Waals surface area contributed by atoms with Crippen molar-refractivity contribution in [3.63, 3.8) is 0 Å². The molecule has 1 heterocycles. The van der Waals surface area contributed by atoms with Gasteiger partial charge in [-0.1, -0.05) is 26.7 Å². The Morgan fingerprint density at radius 1 is 1.04 bits per heavy atom. The topological polar surface area (TPSA) is 46.6 Å². The van der Waals surface area contributed by atoms with E-state index in [2.05, 4.69) is 36.0 Å². The fourth-order valence-electron chi connectivity index (χ4n) is 3.51. The van der Waals surface area contributed by atoms with E-state index in [4.69, 9.17) is 9.47 Å². The first-order chi connectivity index (χ1) is 13.2. The minimum absolute atomic E-state index is 0.788. The first-order valence-corrected chi connectivity index (χ1v) is 10.1. The van der Waals surface area contributed by atoms with Crippen LogP contribution in [0.1, 0.15) is 45.1 Å². The lowest BCUT2D eigenvalue weighted by Crippen LogP contribution is -2.23. The molecule has 1 aromatic carbocycles. The molecule has 27 heavy (non-hydrogen) atoms. The van der Waals surface area contributed by atoms with Gasteiger partial charge in [0.25, 0.3) is 0 Å². The Morgan fingerprint density at radius 2 is 1.78 bits per heavy atom. The number of unbranched alkanes of at least 4 members (excludes halogenated alkanes) is 3. The fourth-order valence-corrected chi connectivity index (χ4v) is 3.51. The van der Waals surface area contributed by atoms with Crippen molar-refractivity contribution in [2.45, 2.75) is 46.5 Å². The number of aromatic nitrogens is 1. The summed E-state index contributed by atoms with van der Waals surface area (Å²) in [5, 5.41) is 4.53. The summed E-state index contributed by atoms with van der Waals surface area (Å²) in [4.78, 5) is 7.02. The van der Waals surface area contributed by atoms with Crippen LogP contribution < -0.4 is 14.8 Å². The second-order valence-electron chi connectivity index (χ2n) is 6.88. The van der Waals surface area contributed by atoms with Gasteiger partial charge in [-0.05, 0) is 51.0 Å². The number of nitrogens with one attached hydrogen (secondary N) is 1. The Hall–Kier alpha value is -2.01. The summed E-state index contributed by atoms with van der Waals surface area (Å²) in [5.74, 6) is 1.62. The highest BCUT2D eigenvalue weighted by Crippen LogP contribution is 2.40. The van der Waals surface area contributed by atoms with Crippen LogP contribution >= 0.6 is 0 Å². The Kier molecular flexibility index (Phi) is 8.65. The zero-order valence-corrected chi connectivity index (χ0v) is 17.6. The lowest BCUT2D eigenvalue weighted by molar-refractivity contribution is 0.295. The second kappa shape index (κ2) is 11.0. The van der Waals surface area contributed by atoms with Crippen molar-refractivity contribution in [1.82, 2.24) is 9.88 Å². The van der Waals surface area contributed by atoms with Gasteiger partial charge in [0.05, 0.1) is 19.9 Å². The molecule has 0 atom stereocenters. The summed E-state index contributed by atoms with van der Waals surface area (Å²) in [6.07, 6.45) is 6.75. The van der Waals surface area contributed by atoms with Gasteiger partial charge >= 0.3 is 0 Å². The van der Waals surface area contributed by atoms with Gasteiger partial charge in [-0.3, -0.25) is 4.98 Å². The summed E-state index contributed by atoms with van der Waals surface area (Å²) in [5.41, 5.74) is 2.93.